The van der Waals surface area contributed by atoms with Crippen LogP contribution in [0.15, 0.2) is 42.5 Å². The maximum absolute atomic E-state index is 14.2. The molecule has 2 aromatic carbocycles. The van der Waals surface area contributed by atoms with Gasteiger partial charge in [0.05, 0.1) is 4.88 Å². The molecule has 0 amide bonds. The molecule has 0 aliphatic heterocycles. The van der Waals surface area contributed by atoms with E-state index < -0.39 is 17.6 Å². The summed E-state index contributed by atoms with van der Waals surface area (Å²) in [6, 6.07) is 9.45. The van der Waals surface area contributed by atoms with Gasteiger partial charge < -0.3 is 9.84 Å². The summed E-state index contributed by atoms with van der Waals surface area (Å²) in [7, 11) is 0. The summed E-state index contributed by atoms with van der Waals surface area (Å²) >= 11 is 13.2. The zero-order chi connectivity index (χ0) is 20.3. The molecule has 0 bridgehead atoms. The zero-order valence-electron chi connectivity index (χ0n) is 14.0. The molecule has 0 aliphatic rings. The van der Waals surface area contributed by atoms with Crippen LogP contribution in [0.1, 0.15) is 11.1 Å². The van der Waals surface area contributed by atoms with E-state index >= 15 is 0 Å². The summed E-state index contributed by atoms with van der Waals surface area (Å²) in [4.78, 5) is 11.2. The average Bonchev–Trinajstić information content (AvgIpc) is 3.03. The van der Waals surface area contributed by atoms with Gasteiger partial charge in [0.25, 0.3) is 0 Å². The highest BCUT2D eigenvalue weighted by molar-refractivity contribution is 7.10. The lowest BCUT2D eigenvalue weighted by Gasteiger charge is -2.10. The standard InChI is InChI=1S/C19H11Cl2F2NO3S/c20-12-5-1-11(2-6-12)18-13(19(21)24-28-18)9-27-14-7-3-10(4-8-15(25)26)16(22)17(14)23/h1-8H,9H2,(H,25,26)/b8-4+. The molecular weight excluding hydrogens is 431 g/mol. The third-order valence-electron chi connectivity index (χ3n) is 3.70. The summed E-state index contributed by atoms with van der Waals surface area (Å²) in [6.07, 6.45) is 1.68. The van der Waals surface area contributed by atoms with Crippen molar-refractivity contribution >= 4 is 46.8 Å². The number of ether oxygens (including phenoxy) is 1. The van der Waals surface area contributed by atoms with E-state index in [9.17, 15) is 13.6 Å². The van der Waals surface area contributed by atoms with Gasteiger partial charge in [-0.1, -0.05) is 35.3 Å². The molecule has 1 aromatic heterocycles. The van der Waals surface area contributed by atoms with Gasteiger partial charge in [-0.15, -0.1) is 0 Å². The molecule has 0 radical (unpaired) electrons. The summed E-state index contributed by atoms with van der Waals surface area (Å²) < 4.78 is 37.8. The number of aromatic nitrogens is 1. The van der Waals surface area contributed by atoms with Crippen molar-refractivity contribution in [1.29, 1.82) is 0 Å². The number of carboxylic acids is 1. The second-order valence-corrected chi connectivity index (χ2v) is 7.10. The van der Waals surface area contributed by atoms with E-state index in [1.54, 1.807) is 24.3 Å². The Morgan fingerprint density at radius 3 is 2.54 bits per heavy atom. The smallest absolute Gasteiger partial charge is 0.328 e. The number of benzene rings is 2. The van der Waals surface area contributed by atoms with Gasteiger partial charge in [0.1, 0.15) is 11.8 Å². The first-order valence-electron chi connectivity index (χ1n) is 7.78. The highest BCUT2D eigenvalue weighted by atomic mass is 35.5. The van der Waals surface area contributed by atoms with Crippen molar-refractivity contribution in [3.05, 3.63) is 75.4 Å². The largest absolute Gasteiger partial charge is 0.486 e. The molecule has 0 saturated carbocycles. The molecule has 0 spiro atoms. The number of carboxylic acid groups (broad SMARTS) is 1. The number of hydrogen-bond acceptors (Lipinski definition) is 4. The summed E-state index contributed by atoms with van der Waals surface area (Å²) in [5.41, 5.74) is 1.14. The minimum atomic E-state index is -1.27. The van der Waals surface area contributed by atoms with E-state index in [1.807, 2.05) is 0 Å². The Morgan fingerprint density at radius 1 is 1.14 bits per heavy atom. The monoisotopic (exact) mass is 441 g/mol. The van der Waals surface area contributed by atoms with E-state index in [4.69, 9.17) is 33.0 Å². The SMILES string of the molecule is O=C(O)/C=C/c1ccc(OCc2c(Cl)nsc2-c2ccc(Cl)cc2)c(F)c1F. The topological polar surface area (TPSA) is 59.4 Å². The van der Waals surface area contributed by atoms with Gasteiger partial charge >= 0.3 is 5.97 Å². The Bertz CT molecular complexity index is 1050. The fourth-order valence-electron chi connectivity index (χ4n) is 2.34. The van der Waals surface area contributed by atoms with Gasteiger partial charge in [0, 0.05) is 22.2 Å². The molecule has 0 unspecified atom stereocenters. The molecule has 4 nitrogen and oxygen atoms in total. The van der Waals surface area contributed by atoms with Crippen LogP contribution in [0, 0.1) is 11.6 Å². The lowest BCUT2D eigenvalue weighted by Crippen LogP contribution is -2.01. The van der Waals surface area contributed by atoms with E-state index in [0.29, 0.717) is 16.7 Å². The Kier molecular flexibility index (Phi) is 6.28. The lowest BCUT2D eigenvalue weighted by atomic mass is 10.1. The minimum Gasteiger partial charge on any atom is -0.486 e. The minimum absolute atomic E-state index is 0.131. The number of aliphatic carboxylic acids is 1. The number of rotatable bonds is 6. The van der Waals surface area contributed by atoms with Crippen LogP contribution >= 0.6 is 34.7 Å². The Morgan fingerprint density at radius 2 is 1.86 bits per heavy atom. The van der Waals surface area contributed by atoms with Crippen LogP contribution in [-0.2, 0) is 11.4 Å². The van der Waals surface area contributed by atoms with Gasteiger partial charge in [-0.05, 0) is 47.4 Å². The molecule has 3 rings (SSSR count). The van der Waals surface area contributed by atoms with Crippen LogP contribution in [0.5, 0.6) is 5.75 Å². The molecule has 0 fully saturated rings. The van der Waals surface area contributed by atoms with Gasteiger partial charge in [-0.3, -0.25) is 0 Å². The molecule has 0 aliphatic carbocycles. The third-order valence-corrected chi connectivity index (χ3v) is 5.30. The lowest BCUT2D eigenvalue weighted by molar-refractivity contribution is -0.131. The van der Waals surface area contributed by atoms with Crippen molar-refractivity contribution in [2.75, 3.05) is 0 Å². The van der Waals surface area contributed by atoms with Crippen LogP contribution in [-0.4, -0.2) is 15.4 Å². The Balaban J connectivity index is 1.83. The Hall–Kier alpha value is -2.48. The number of nitrogens with zero attached hydrogens (tertiary/aromatic N) is 1. The highest BCUT2D eigenvalue weighted by Gasteiger charge is 2.18. The van der Waals surface area contributed by atoms with Crippen LogP contribution in [0.25, 0.3) is 16.5 Å². The van der Waals surface area contributed by atoms with Gasteiger partial charge in [-0.2, -0.15) is 8.76 Å². The predicted molar refractivity (Wildman–Crippen MR) is 105 cm³/mol. The van der Waals surface area contributed by atoms with Crippen molar-refractivity contribution in [2.45, 2.75) is 6.61 Å². The first kappa shape index (κ1) is 20.3. The van der Waals surface area contributed by atoms with Crippen LogP contribution in [0.4, 0.5) is 8.78 Å². The van der Waals surface area contributed by atoms with E-state index in [1.165, 1.54) is 12.1 Å². The molecule has 28 heavy (non-hydrogen) atoms. The molecule has 1 N–H and O–H groups in total. The molecule has 144 valence electrons. The molecule has 0 atom stereocenters. The normalized spacial score (nSPS) is 11.1. The van der Waals surface area contributed by atoms with Gasteiger partial charge in [0.15, 0.2) is 11.6 Å². The second-order valence-electron chi connectivity index (χ2n) is 5.53. The second kappa shape index (κ2) is 8.68. The number of hydrogen-bond donors (Lipinski definition) is 1. The highest BCUT2D eigenvalue weighted by Crippen LogP contribution is 2.35. The fraction of sp³-hybridized carbons (Fsp3) is 0.0526. The van der Waals surface area contributed by atoms with Crippen LogP contribution < -0.4 is 4.74 Å². The first-order chi connectivity index (χ1) is 13.4. The molecule has 1 heterocycles. The summed E-state index contributed by atoms with van der Waals surface area (Å²) in [5, 5.41) is 9.37. The van der Waals surface area contributed by atoms with E-state index in [2.05, 4.69) is 4.37 Å². The molecule has 0 saturated heterocycles. The predicted octanol–water partition coefficient (Wildman–Crippen LogP) is 6.07. The maximum atomic E-state index is 14.2. The van der Waals surface area contributed by atoms with Crippen molar-refractivity contribution < 1.29 is 23.4 Å². The molecule has 9 heteroatoms. The van der Waals surface area contributed by atoms with Crippen molar-refractivity contribution in [3.63, 3.8) is 0 Å². The quantitative estimate of drug-likeness (QED) is 0.471. The van der Waals surface area contributed by atoms with E-state index in [-0.39, 0.29) is 23.1 Å². The number of carbonyl (C=O) groups is 1. The summed E-state index contributed by atoms with van der Waals surface area (Å²) in [6.45, 7) is -0.131. The fourth-order valence-corrected chi connectivity index (χ4v) is 3.56. The molecular formula is C19H11Cl2F2NO3S. The van der Waals surface area contributed by atoms with Crippen molar-refractivity contribution in [1.82, 2.24) is 4.37 Å². The van der Waals surface area contributed by atoms with Crippen LogP contribution in [0.2, 0.25) is 10.2 Å². The molecule has 3 aromatic rings. The van der Waals surface area contributed by atoms with Gasteiger partial charge in [0.2, 0.25) is 5.82 Å². The first-order valence-corrected chi connectivity index (χ1v) is 9.31. The van der Waals surface area contributed by atoms with Crippen molar-refractivity contribution in [3.8, 4) is 16.2 Å². The van der Waals surface area contributed by atoms with Gasteiger partial charge in [-0.25, -0.2) is 9.18 Å². The van der Waals surface area contributed by atoms with Crippen LogP contribution in [0.3, 0.4) is 0 Å². The summed E-state index contributed by atoms with van der Waals surface area (Å²) in [5.74, 6) is -4.02. The maximum Gasteiger partial charge on any atom is 0.328 e. The average molecular weight is 442 g/mol. The van der Waals surface area contributed by atoms with Crippen molar-refractivity contribution in [2.24, 2.45) is 0 Å². The zero-order valence-corrected chi connectivity index (χ0v) is 16.3. The van der Waals surface area contributed by atoms with E-state index in [0.717, 1.165) is 28.0 Å². The number of halogens is 4. The third kappa shape index (κ3) is 4.49. The Labute approximate surface area is 172 Å².